The Bertz CT molecular complexity index is 681. The van der Waals surface area contributed by atoms with Crippen molar-refractivity contribution in [1.29, 1.82) is 0 Å². The largest absolute Gasteiger partial charge is 0.269 e. The quantitative estimate of drug-likeness (QED) is 0.716. The minimum Gasteiger partial charge on any atom is -0.267 e. The number of halogens is 2. The number of nitrogens with one attached hydrogen (secondary N) is 2. The lowest BCUT2D eigenvalue weighted by Crippen LogP contribution is -2.42. The molecule has 0 heterocycles. The predicted octanol–water partition coefficient (Wildman–Crippen LogP) is 3.90. The maximum absolute atomic E-state index is 12.1. The zero-order valence-electron chi connectivity index (χ0n) is 12.0. The number of aryl methyl sites for hydroxylation is 2. The Morgan fingerprint density at radius 3 is 1.45 bits per heavy atom. The van der Waals surface area contributed by atoms with Gasteiger partial charge in [-0.1, -0.05) is 31.9 Å². The molecule has 0 aliphatic rings. The van der Waals surface area contributed by atoms with Crippen molar-refractivity contribution in [2.24, 2.45) is 0 Å². The number of benzene rings is 2. The molecule has 2 N–H and O–H groups in total. The van der Waals surface area contributed by atoms with Crippen LogP contribution in [0.15, 0.2) is 45.3 Å². The molecule has 0 radical (unpaired) electrons. The summed E-state index contributed by atoms with van der Waals surface area (Å²) in [5.41, 5.74) is 7.53. The monoisotopic (exact) mass is 424 g/mol. The highest BCUT2D eigenvalue weighted by atomic mass is 79.9. The highest BCUT2D eigenvalue weighted by molar-refractivity contribution is 9.10. The van der Waals surface area contributed by atoms with Gasteiger partial charge in [0, 0.05) is 20.1 Å². The van der Waals surface area contributed by atoms with Crippen molar-refractivity contribution < 1.29 is 9.59 Å². The van der Waals surface area contributed by atoms with Gasteiger partial charge in [0.05, 0.1) is 0 Å². The van der Waals surface area contributed by atoms with Crippen LogP contribution in [0.25, 0.3) is 0 Å². The molecule has 114 valence electrons. The van der Waals surface area contributed by atoms with Crippen molar-refractivity contribution in [1.82, 2.24) is 10.9 Å². The predicted molar refractivity (Wildman–Crippen MR) is 92.7 cm³/mol. The molecular formula is C16H14Br2N2O2. The fourth-order valence-corrected chi connectivity index (χ4v) is 2.96. The average Bonchev–Trinajstić information content (AvgIpc) is 2.44. The van der Waals surface area contributed by atoms with Crippen LogP contribution in [0.5, 0.6) is 0 Å². The summed E-state index contributed by atoms with van der Waals surface area (Å²) in [4.78, 5) is 24.2. The third kappa shape index (κ3) is 3.96. The van der Waals surface area contributed by atoms with Crippen molar-refractivity contribution in [2.45, 2.75) is 13.8 Å². The molecule has 4 nitrogen and oxygen atoms in total. The number of hydrazine groups is 1. The molecule has 2 rings (SSSR count). The summed E-state index contributed by atoms with van der Waals surface area (Å²) in [7, 11) is 0. The van der Waals surface area contributed by atoms with Crippen LogP contribution >= 0.6 is 31.9 Å². The third-order valence-electron chi connectivity index (χ3n) is 3.16. The van der Waals surface area contributed by atoms with E-state index < -0.39 is 0 Å². The van der Waals surface area contributed by atoms with Crippen LogP contribution in [0.2, 0.25) is 0 Å². The summed E-state index contributed by atoms with van der Waals surface area (Å²) in [6, 6.07) is 10.6. The number of carbonyl (C=O) groups excluding carboxylic acids is 2. The first-order chi connectivity index (χ1) is 10.4. The molecule has 0 saturated carbocycles. The van der Waals surface area contributed by atoms with Gasteiger partial charge in [-0.3, -0.25) is 20.4 Å². The third-order valence-corrected chi connectivity index (χ3v) is 4.14. The Labute approximate surface area is 145 Å². The average molecular weight is 426 g/mol. The summed E-state index contributed by atoms with van der Waals surface area (Å²) in [5.74, 6) is -0.707. The van der Waals surface area contributed by atoms with E-state index in [0.717, 1.165) is 20.1 Å². The Morgan fingerprint density at radius 1 is 0.773 bits per heavy atom. The van der Waals surface area contributed by atoms with Crippen molar-refractivity contribution in [3.8, 4) is 0 Å². The van der Waals surface area contributed by atoms with E-state index in [-0.39, 0.29) is 11.8 Å². The van der Waals surface area contributed by atoms with Gasteiger partial charge in [0.15, 0.2) is 0 Å². The van der Waals surface area contributed by atoms with Crippen molar-refractivity contribution in [2.75, 3.05) is 0 Å². The Hall–Kier alpha value is -1.66. The molecule has 0 saturated heterocycles. The number of amides is 2. The van der Waals surface area contributed by atoms with Gasteiger partial charge in [0.25, 0.3) is 11.8 Å². The lowest BCUT2D eigenvalue weighted by Gasteiger charge is -2.11. The fraction of sp³-hybridized carbons (Fsp3) is 0.125. The zero-order chi connectivity index (χ0) is 16.3. The summed E-state index contributed by atoms with van der Waals surface area (Å²) < 4.78 is 1.80. The Balaban J connectivity index is 2.06. The second kappa shape index (κ2) is 7.07. The highest BCUT2D eigenvalue weighted by Crippen LogP contribution is 2.16. The second-order valence-electron chi connectivity index (χ2n) is 4.83. The first-order valence-corrected chi connectivity index (χ1v) is 8.10. The van der Waals surface area contributed by atoms with Crippen LogP contribution in [0.1, 0.15) is 31.8 Å². The summed E-state index contributed by atoms with van der Waals surface area (Å²) in [6.45, 7) is 3.67. The molecule has 2 amide bonds. The highest BCUT2D eigenvalue weighted by Gasteiger charge is 2.12. The Kier molecular flexibility index (Phi) is 5.37. The number of rotatable bonds is 2. The van der Waals surface area contributed by atoms with Crippen LogP contribution in [0.3, 0.4) is 0 Å². The molecule has 0 aliphatic carbocycles. The smallest absolute Gasteiger partial charge is 0.267 e. The molecule has 0 atom stereocenters. The van der Waals surface area contributed by atoms with Crippen molar-refractivity contribution in [3.63, 3.8) is 0 Å². The maximum atomic E-state index is 12.1. The molecule has 0 fully saturated rings. The lowest BCUT2D eigenvalue weighted by molar-refractivity contribution is 0.0846. The van der Waals surface area contributed by atoms with E-state index in [9.17, 15) is 9.59 Å². The van der Waals surface area contributed by atoms with Crippen LogP contribution in [0.4, 0.5) is 0 Å². The Morgan fingerprint density at radius 2 is 1.14 bits per heavy atom. The number of hydrogen-bond acceptors (Lipinski definition) is 2. The van der Waals surface area contributed by atoms with Gasteiger partial charge in [0.2, 0.25) is 0 Å². The van der Waals surface area contributed by atoms with Crippen molar-refractivity contribution in [3.05, 3.63) is 67.6 Å². The second-order valence-corrected chi connectivity index (χ2v) is 6.66. The van der Waals surface area contributed by atoms with Gasteiger partial charge in [-0.2, -0.15) is 0 Å². The van der Waals surface area contributed by atoms with Gasteiger partial charge >= 0.3 is 0 Å². The first kappa shape index (κ1) is 16.7. The fourth-order valence-electron chi connectivity index (χ4n) is 2.01. The maximum Gasteiger partial charge on any atom is 0.269 e. The zero-order valence-corrected chi connectivity index (χ0v) is 15.2. The van der Waals surface area contributed by atoms with E-state index in [1.54, 1.807) is 24.3 Å². The van der Waals surface area contributed by atoms with Gasteiger partial charge in [-0.15, -0.1) is 0 Å². The van der Waals surface area contributed by atoms with Crippen LogP contribution < -0.4 is 10.9 Å². The number of hydrogen-bond donors (Lipinski definition) is 2. The standard InChI is InChI=1S/C16H14Br2N2O2/c1-9-7-11(17)3-5-13(9)15(21)19-20-16(22)14-6-4-12(18)8-10(14)2/h3-8H,1-2H3,(H,19,21)(H,20,22). The van der Waals surface area contributed by atoms with Crippen LogP contribution in [0, 0.1) is 13.8 Å². The lowest BCUT2D eigenvalue weighted by atomic mass is 10.1. The minimum absolute atomic E-state index is 0.354. The van der Waals surface area contributed by atoms with E-state index in [4.69, 9.17) is 0 Å². The van der Waals surface area contributed by atoms with Gasteiger partial charge in [-0.05, 0) is 61.4 Å². The van der Waals surface area contributed by atoms with E-state index in [2.05, 4.69) is 42.7 Å². The van der Waals surface area contributed by atoms with Gasteiger partial charge < -0.3 is 0 Å². The first-order valence-electron chi connectivity index (χ1n) is 6.51. The van der Waals surface area contributed by atoms with E-state index in [0.29, 0.717) is 11.1 Å². The van der Waals surface area contributed by atoms with E-state index >= 15 is 0 Å². The summed E-state index contributed by atoms with van der Waals surface area (Å²) >= 11 is 6.69. The molecule has 6 heteroatoms. The molecule has 0 aliphatic heterocycles. The van der Waals surface area contributed by atoms with Gasteiger partial charge in [0.1, 0.15) is 0 Å². The van der Waals surface area contributed by atoms with Crippen molar-refractivity contribution >= 4 is 43.7 Å². The molecular weight excluding hydrogens is 412 g/mol. The van der Waals surface area contributed by atoms with E-state index in [1.807, 2.05) is 26.0 Å². The summed E-state index contributed by atoms with van der Waals surface area (Å²) in [5, 5.41) is 0. The molecule has 22 heavy (non-hydrogen) atoms. The molecule has 0 unspecified atom stereocenters. The van der Waals surface area contributed by atoms with Gasteiger partial charge in [-0.25, -0.2) is 0 Å². The molecule has 0 aromatic heterocycles. The SMILES string of the molecule is Cc1cc(Br)ccc1C(=O)NNC(=O)c1ccc(Br)cc1C. The van der Waals surface area contributed by atoms with Crippen LogP contribution in [-0.2, 0) is 0 Å². The molecule has 0 spiro atoms. The topological polar surface area (TPSA) is 58.2 Å². The molecule has 2 aromatic rings. The molecule has 2 aromatic carbocycles. The normalized spacial score (nSPS) is 10.2. The summed E-state index contributed by atoms with van der Waals surface area (Å²) in [6.07, 6.45) is 0. The number of carbonyl (C=O) groups is 2. The minimum atomic E-state index is -0.354. The van der Waals surface area contributed by atoms with Crippen LogP contribution in [-0.4, -0.2) is 11.8 Å². The van der Waals surface area contributed by atoms with E-state index in [1.165, 1.54) is 0 Å². The molecule has 0 bridgehead atoms.